The number of rotatable bonds is 3. The molecule has 0 spiro atoms. The van der Waals surface area contributed by atoms with Gasteiger partial charge < -0.3 is 9.84 Å². The molecule has 0 saturated heterocycles. The molecule has 0 saturated carbocycles. The zero-order chi connectivity index (χ0) is 12.3. The van der Waals surface area contributed by atoms with Crippen LogP contribution in [0.5, 0.6) is 5.75 Å². The molecule has 88 valence electrons. The Bertz CT molecular complexity index is 400. The molecule has 1 rings (SSSR count). The predicted molar refractivity (Wildman–Crippen MR) is 44.4 cm³/mol. The Morgan fingerprint density at radius 2 is 2.00 bits per heavy atom. The minimum atomic E-state index is -5.01. The van der Waals surface area contributed by atoms with Crippen molar-refractivity contribution in [1.82, 2.24) is 0 Å². The Labute approximate surface area is 87.3 Å². The molecule has 3 nitrogen and oxygen atoms in total. The van der Waals surface area contributed by atoms with E-state index in [4.69, 9.17) is 5.11 Å². The van der Waals surface area contributed by atoms with Crippen molar-refractivity contribution in [3.8, 4) is 5.75 Å². The van der Waals surface area contributed by atoms with Gasteiger partial charge >= 0.3 is 12.3 Å². The van der Waals surface area contributed by atoms with Crippen molar-refractivity contribution < 1.29 is 32.2 Å². The molecule has 0 bridgehead atoms. The van der Waals surface area contributed by atoms with Gasteiger partial charge in [0.05, 0.1) is 6.42 Å². The standard InChI is InChI=1S/C9H6F4O3/c10-8-5(4-7(14)15)2-1-3-6(8)16-9(11,12)13/h1-3H,4H2,(H,14,15). The summed E-state index contributed by atoms with van der Waals surface area (Å²) in [6.45, 7) is 0. The van der Waals surface area contributed by atoms with Crippen molar-refractivity contribution >= 4 is 5.97 Å². The largest absolute Gasteiger partial charge is 0.573 e. The van der Waals surface area contributed by atoms with Gasteiger partial charge in [0.25, 0.3) is 0 Å². The maximum Gasteiger partial charge on any atom is 0.573 e. The average molecular weight is 238 g/mol. The third kappa shape index (κ3) is 3.41. The first kappa shape index (κ1) is 12.3. The van der Waals surface area contributed by atoms with Crippen molar-refractivity contribution in [2.45, 2.75) is 12.8 Å². The summed E-state index contributed by atoms with van der Waals surface area (Å²) >= 11 is 0. The quantitative estimate of drug-likeness (QED) is 0.822. The molecular formula is C9H6F4O3. The number of carboxylic acid groups (broad SMARTS) is 1. The molecule has 0 fully saturated rings. The lowest BCUT2D eigenvalue weighted by Gasteiger charge is -2.10. The molecule has 0 unspecified atom stereocenters. The molecule has 16 heavy (non-hydrogen) atoms. The number of aliphatic carboxylic acids is 1. The molecular weight excluding hydrogens is 232 g/mol. The molecule has 0 atom stereocenters. The van der Waals surface area contributed by atoms with Gasteiger partial charge in [0.1, 0.15) is 0 Å². The minimum Gasteiger partial charge on any atom is -0.481 e. The molecule has 0 radical (unpaired) electrons. The molecule has 0 heterocycles. The van der Waals surface area contributed by atoms with Crippen molar-refractivity contribution in [3.05, 3.63) is 29.6 Å². The van der Waals surface area contributed by atoms with Crippen molar-refractivity contribution in [3.63, 3.8) is 0 Å². The van der Waals surface area contributed by atoms with Gasteiger partial charge in [-0.2, -0.15) is 0 Å². The van der Waals surface area contributed by atoms with Crippen LogP contribution in [0.1, 0.15) is 5.56 Å². The van der Waals surface area contributed by atoms with Crippen LogP contribution in [-0.4, -0.2) is 17.4 Å². The Morgan fingerprint density at radius 1 is 1.38 bits per heavy atom. The summed E-state index contributed by atoms with van der Waals surface area (Å²) in [7, 11) is 0. The van der Waals surface area contributed by atoms with E-state index in [9.17, 15) is 22.4 Å². The third-order valence-electron chi connectivity index (χ3n) is 1.61. The van der Waals surface area contributed by atoms with E-state index in [2.05, 4.69) is 4.74 Å². The fourth-order valence-corrected chi connectivity index (χ4v) is 1.06. The monoisotopic (exact) mass is 238 g/mol. The molecule has 0 aliphatic rings. The molecule has 0 aliphatic heterocycles. The van der Waals surface area contributed by atoms with E-state index in [1.54, 1.807) is 0 Å². The summed E-state index contributed by atoms with van der Waals surface area (Å²) in [5, 5.41) is 8.39. The van der Waals surface area contributed by atoms with Crippen molar-refractivity contribution in [2.75, 3.05) is 0 Å². The molecule has 0 amide bonds. The van der Waals surface area contributed by atoms with Gasteiger partial charge in [0.15, 0.2) is 11.6 Å². The van der Waals surface area contributed by atoms with Gasteiger partial charge in [0, 0.05) is 5.56 Å². The number of benzene rings is 1. The summed E-state index contributed by atoms with van der Waals surface area (Å²) in [6, 6.07) is 2.93. The first-order valence-electron chi connectivity index (χ1n) is 4.04. The summed E-state index contributed by atoms with van der Waals surface area (Å²) in [4.78, 5) is 10.3. The highest BCUT2D eigenvalue weighted by Gasteiger charge is 2.32. The van der Waals surface area contributed by atoms with Crippen LogP contribution in [-0.2, 0) is 11.2 Å². The van der Waals surface area contributed by atoms with Crippen LogP contribution in [0.3, 0.4) is 0 Å². The number of carboxylic acids is 1. The zero-order valence-electron chi connectivity index (χ0n) is 7.71. The van der Waals surface area contributed by atoms with Crippen LogP contribution in [0.4, 0.5) is 17.6 Å². The lowest BCUT2D eigenvalue weighted by Crippen LogP contribution is -2.18. The lowest BCUT2D eigenvalue weighted by atomic mass is 10.1. The second kappa shape index (κ2) is 4.38. The van der Waals surface area contributed by atoms with E-state index >= 15 is 0 Å². The minimum absolute atomic E-state index is 0.366. The number of ether oxygens (including phenoxy) is 1. The van der Waals surface area contributed by atoms with E-state index in [-0.39, 0.29) is 5.56 Å². The predicted octanol–water partition coefficient (Wildman–Crippen LogP) is 2.35. The van der Waals surface area contributed by atoms with E-state index in [1.807, 2.05) is 0 Å². The van der Waals surface area contributed by atoms with Crippen LogP contribution < -0.4 is 4.74 Å². The first-order chi connectivity index (χ1) is 7.29. The van der Waals surface area contributed by atoms with Gasteiger partial charge in [-0.25, -0.2) is 4.39 Å². The Kier molecular flexibility index (Phi) is 3.36. The molecule has 0 aromatic heterocycles. The molecule has 0 aliphatic carbocycles. The summed E-state index contributed by atoms with van der Waals surface area (Å²) < 4.78 is 52.1. The maximum absolute atomic E-state index is 13.3. The fraction of sp³-hybridized carbons (Fsp3) is 0.222. The van der Waals surface area contributed by atoms with E-state index in [1.165, 1.54) is 0 Å². The Balaban J connectivity index is 2.99. The number of carbonyl (C=O) groups is 1. The highest BCUT2D eigenvalue weighted by molar-refractivity contribution is 5.70. The highest BCUT2D eigenvalue weighted by Crippen LogP contribution is 2.27. The van der Waals surface area contributed by atoms with Crippen LogP contribution in [0.2, 0.25) is 0 Å². The highest BCUT2D eigenvalue weighted by atomic mass is 19.4. The van der Waals surface area contributed by atoms with Crippen LogP contribution in [0, 0.1) is 5.82 Å². The van der Waals surface area contributed by atoms with Crippen LogP contribution >= 0.6 is 0 Å². The van der Waals surface area contributed by atoms with Gasteiger partial charge in [-0.15, -0.1) is 13.2 Å². The third-order valence-corrected chi connectivity index (χ3v) is 1.61. The Morgan fingerprint density at radius 3 is 2.50 bits per heavy atom. The fourth-order valence-electron chi connectivity index (χ4n) is 1.06. The molecule has 1 aromatic rings. The number of hydrogen-bond donors (Lipinski definition) is 1. The summed E-state index contributed by atoms with van der Waals surface area (Å²) in [5.41, 5.74) is -0.366. The second-order valence-corrected chi connectivity index (χ2v) is 2.85. The number of hydrogen-bond acceptors (Lipinski definition) is 2. The van der Waals surface area contributed by atoms with Crippen LogP contribution in [0.15, 0.2) is 18.2 Å². The van der Waals surface area contributed by atoms with E-state index in [0.717, 1.165) is 18.2 Å². The van der Waals surface area contributed by atoms with Crippen molar-refractivity contribution in [2.24, 2.45) is 0 Å². The first-order valence-corrected chi connectivity index (χ1v) is 4.04. The summed E-state index contributed by atoms with van der Waals surface area (Å²) in [6.07, 6.45) is -5.72. The van der Waals surface area contributed by atoms with Gasteiger partial charge in [-0.3, -0.25) is 4.79 Å². The topological polar surface area (TPSA) is 46.5 Å². The molecule has 1 aromatic carbocycles. The van der Waals surface area contributed by atoms with E-state index in [0.29, 0.717) is 0 Å². The number of halogens is 4. The summed E-state index contributed by atoms with van der Waals surface area (Å²) in [5.74, 6) is -3.70. The smallest absolute Gasteiger partial charge is 0.481 e. The second-order valence-electron chi connectivity index (χ2n) is 2.85. The average Bonchev–Trinajstić information content (AvgIpc) is 2.09. The molecule has 1 N–H and O–H groups in total. The molecule has 7 heteroatoms. The normalized spacial score (nSPS) is 11.2. The van der Waals surface area contributed by atoms with Crippen LogP contribution in [0.25, 0.3) is 0 Å². The zero-order valence-corrected chi connectivity index (χ0v) is 7.71. The van der Waals surface area contributed by atoms with Gasteiger partial charge in [-0.1, -0.05) is 12.1 Å². The van der Waals surface area contributed by atoms with Gasteiger partial charge in [0.2, 0.25) is 0 Å². The van der Waals surface area contributed by atoms with Gasteiger partial charge in [-0.05, 0) is 6.07 Å². The Hall–Kier alpha value is -1.79. The SMILES string of the molecule is O=C(O)Cc1cccc(OC(F)(F)F)c1F. The lowest BCUT2D eigenvalue weighted by molar-refractivity contribution is -0.275. The maximum atomic E-state index is 13.3. The van der Waals surface area contributed by atoms with E-state index < -0.39 is 30.3 Å². The van der Waals surface area contributed by atoms with Crippen molar-refractivity contribution in [1.29, 1.82) is 0 Å². The number of alkyl halides is 3.